The fraction of sp³-hybridized carbons (Fsp3) is 0.250. The Morgan fingerprint density at radius 3 is 2.72 bits per heavy atom. The van der Waals surface area contributed by atoms with E-state index >= 15 is 0 Å². The topological polar surface area (TPSA) is 48.1 Å². The Morgan fingerprint density at radius 2 is 2.17 bits per heavy atom. The molecule has 0 spiro atoms. The summed E-state index contributed by atoms with van der Waals surface area (Å²) in [6.07, 6.45) is 0. The molecule has 0 fully saturated rings. The molecule has 1 heterocycles. The fourth-order valence-electron chi connectivity index (χ4n) is 1.47. The minimum atomic E-state index is 0.407. The fourth-order valence-corrected chi connectivity index (χ4v) is 3.26. The lowest BCUT2D eigenvalue weighted by molar-refractivity contribution is 0.305. The highest BCUT2D eigenvalue weighted by molar-refractivity contribution is 9.10. The van der Waals surface area contributed by atoms with Gasteiger partial charge in [-0.3, -0.25) is 0 Å². The summed E-state index contributed by atoms with van der Waals surface area (Å²) in [6, 6.07) is 3.42. The number of rotatable bonds is 3. The van der Waals surface area contributed by atoms with Gasteiger partial charge < -0.3 is 10.5 Å². The maximum absolute atomic E-state index is 5.89. The Bertz CT molecular complexity index is 543. The van der Waals surface area contributed by atoms with Gasteiger partial charge in [-0.25, -0.2) is 4.98 Å². The molecular formula is C12H12BrClN2OS. The first-order valence-electron chi connectivity index (χ1n) is 5.27. The van der Waals surface area contributed by atoms with Crippen molar-refractivity contribution in [3.8, 4) is 5.75 Å². The third-order valence-corrected chi connectivity index (χ3v) is 4.30. The van der Waals surface area contributed by atoms with Crippen LogP contribution in [0.1, 0.15) is 15.6 Å². The second-order valence-corrected chi connectivity index (χ2v) is 6.42. The van der Waals surface area contributed by atoms with E-state index in [2.05, 4.69) is 20.9 Å². The number of nitrogen functional groups attached to an aromatic ring is 1. The molecule has 0 atom stereocenters. The molecule has 96 valence electrons. The molecule has 0 amide bonds. The van der Waals surface area contributed by atoms with Crippen molar-refractivity contribution >= 4 is 44.6 Å². The summed E-state index contributed by atoms with van der Waals surface area (Å²) in [7, 11) is 0. The molecule has 1 aromatic heterocycles. The molecule has 0 unspecified atom stereocenters. The van der Waals surface area contributed by atoms with Crippen LogP contribution >= 0.6 is 38.9 Å². The van der Waals surface area contributed by atoms with Crippen molar-refractivity contribution in [1.29, 1.82) is 0 Å². The van der Waals surface area contributed by atoms with Crippen molar-refractivity contribution in [2.75, 3.05) is 5.73 Å². The smallest absolute Gasteiger partial charge is 0.157 e. The van der Waals surface area contributed by atoms with Gasteiger partial charge in [0.15, 0.2) is 5.75 Å². The van der Waals surface area contributed by atoms with Gasteiger partial charge in [0.25, 0.3) is 0 Å². The predicted octanol–water partition coefficient (Wildman–Crippen LogP) is 4.34. The van der Waals surface area contributed by atoms with Crippen LogP contribution in [0.15, 0.2) is 16.6 Å². The molecule has 2 rings (SSSR count). The number of thiazole rings is 1. The van der Waals surface area contributed by atoms with Gasteiger partial charge in [0.1, 0.15) is 11.6 Å². The van der Waals surface area contributed by atoms with Gasteiger partial charge in [-0.05, 0) is 41.9 Å². The molecule has 1 aromatic carbocycles. The first-order chi connectivity index (χ1) is 8.47. The number of aromatic nitrogens is 1. The minimum absolute atomic E-state index is 0.407. The van der Waals surface area contributed by atoms with E-state index in [1.54, 1.807) is 23.5 Å². The van der Waals surface area contributed by atoms with Crippen LogP contribution in [0.5, 0.6) is 5.75 Å². The molecule has 18 heavy (non-hydrogen) atoms. The SMILES string of the molecule is Cc1nc(COc2c(N)cc(Cl)cc2Br)sc1C. The Hall–Kier alpha value is -0.780. The van der Waals surface area contributed by atoms with Crippen molar-refractivity contribution in [2.45, 2.75) is 20.5 Å². The van der Waals surface area contributed by atoms with Gasteiger partial charge in [-0.1, -0.05) is 11.6 Å². The summed E-state index contributed by atoms with van der Waals surface area (Å²) >= 11 is 10.9. The van der Waals surface area contributed by atoms with E-state index in [1.807, 2.05) is 13.8 Å². The summed E-state index contributed by atoms with van der Waals surface area (Å²) in [6.45, 7) is 4.44. The monoisotopic (exact) mass is 346 g/mol. The van der Waals surface area contributed by atoms with Crippen molar-refractivity contribution < 1.29 is 4.74 Å². The molecule has 2 aromatic rings. The number of halogens is 2. The highest BCUT2D eigenvalue weighted by atomic mass is 79.9. The van der Waals surface area contributed by atoms with E-state index in [9.17, 15) is 0 Å². The van der Waals surface area contributed by atoms with Crippen LogP contribution in [0.25, 0.3) is 0 Å². The second-order valence-electron chi connectivity index (χ2n) is 3.84. The Balaban J connectivity index is 2.15. The zero-order valence-corrected chi connectivity index (χ0v) is 13.1. The van der Waals surface area contributed by atoms with Gasteiger partial charge >= 0.3 is 0 Å². The summed E-state index contributed by atoms with van der Waals surface area (Å²) in [5, 5.41) is 1.51. The van der Waals surface area contributed by atoms with Crippen LogP contribution in [0.2, 0.25) is 5.02 Å². The van der Waals surface area contributed by atoms with E-state index in [0.717, 1.165) is 15.2 Å². The third-order valence-electron chi connectivity index (χ3n) is 2.45. The largest absolute Gasteiger partial charge is 0.483 e. The molecule has 0 saturated carbocycles. The molecule has 3 nitrogen and oxygen atoms in total. The molecule has 0 radical (unpaired) electrons. The highest BCUT2D eigenvalue weighted by Gasteiger charge is 2.10. The van der Waals surface area contributed by atoms with E-state index in [1.165, 1.54) is 4.88 Å². The number of aryl methyl sites for hydroxylation is 2. The number of hydrogen-bond donors (Lipinski definition) is 1. The Labute approximate surface area is 123 Å². The molecule has 0 aliphatic rings. The molecular weight excluding hydrogens is 336 g/mol. The van der Waals surface area contributed by atoms with Crippen molar-refractivity contribution in [1.82, 2.24) is 4.98 Å². The summed E-state index contributed by atoms with van der Waals surface area (Å²) in [5.74, 6) is 0.602. The van der Waals surface area contributed by atoms with Crippen LogP contribution in [0, 0.1) is 13.8 Å². The molecule has 0 bridgehead atoms. The first kappa shape index (κ1) is 13.6. The van der Waals surface area contributed by atoms with Crippen LogP contribution in [-0.4, -0.2) is 4.98 Å². The van der Waals surface area contributed by atoms with Crippen molar-refractivity contribution in [3.05, 3.63) is 37.2 Å². The highest BCUT2D eigenvalue weighted by Crippen LogP contribution is 2.35. The normalized spacial score (nSPS) is 10.7. The average molecular weight is 348 g/mol. The average Bonchev–Trinajstić information content (AvgIpc) is 2.56. The molecule has 6 heteroatoms. The minimum Gasteiger partial charge on any atom is -0.483 e. The van der Waals surface area contributed by atoms with Gasteiger partial charge in [0, 0.05) is 9.90 Å². The van der Waals surface area contributed by atoms with E-state index < -0.39 is 0 Å². The Morgan fingerprint density at radius 1 is 1.44 bits per heavy atom. The number of benzene rings is 1. The van der Waals surface area contributed by atoms with Crippen LogP contribution in [-0.2, 0) is 6.61 Å². The lowest BCUT2D eigenvalue weighted by Gasteiger charge is -2.10. The predicted molar refractivity (Wildman–Crippen MR) is 79.5 cm³/mol. The summed E-state index contributed by atoms with van der Waals surface area (Å²) in [4.78, 5) is 5.62. The quantitative estimate of drug-likeness (QED) is 0.840. The number of nitrogens with two attached hydrogens (primary N) is 1. The maximum atomic E-state index is 5.89. The van der Waals surface area contributed by atoms with Gasteiger partial charge in [0.2, 0.25) is 0 Å². The number of nitrogens with zero attached hydrogens (tertiary/aromatic N) is 1. The van der Waals surface area contributed by atoms with Gasteiger partial charge in [-0.2, -0.15) is 0 Å². The summed E-state index contributed by atoms with van der Waals surface area (Å²) in [5.41, 5.74) is 7.42. The van der Waals surface area contributed by atoms with Gasteiger partial charge in [0.05, 0.1) is 15.9 Å². The molecule has 0 aliphatic heterocycles. The number of hydrogen-bond acceptors (Lipinski definition) is 4. The van der Waals surface area contributed by atoms with Crippen molar-refractivity contribution in [2.24, 2.45) is 0 Å². The van der Waals surface area contributed by atoms with Crippen LogP contribution in [0.4, 0.5) is 5.69 Å². The van der Waals surface area contributed by atoms with Crippen LogP contribution in [0.3, 0.4) is 0 Å². The lowest BCUT2D eigenvalue weighted by atomic mass is 10.3. The van der Waals surface area contributed by atoms with E-state index in [4.69, 9.17) is 22.1 Å². The second kappa shape index (κ2) is 5.47. The number of anilines is 1. The van der Waals surface area contributed by atoms with Crippen molar-refractivity contribution in [3.63, 3.8) is 0 Å². The zero-order valence-electron chi connectivity index (χ0n) is 9.96. The van der Waals surface area contributed by atoms with Gasteiger partial charge in [-0.15, -0.1) is 11.3 Å². The number of ether oxygens (including phenoxy) is 1. The Kier molecular flexibility index (Phi) is 4.14. The third kappa shape index (κ3) is 2.96. The molecule has 2 N–H and O–H groups in total. The zero-order chi connectivity index (χ0) is 13.3. The van der Waals surface area contributed by atoms with E-state index in [-0.39, 0.29) is 0 Å². The molecule has 0 saturated heterocycles. The van der Waals surface area contributed by atoms with E-state index in [0.29, 0.717) is 23.1 Å². The standard InChI is InChI=1S/C12H12BrClN2OS/c1-6-7(2)18-11(16-6)5-17-12-9(13)3-8(14)4-10(12)15/h3-4H,5,15H2,1-2H3. The van der Waals surface area contributed by atoms with Crippen LogP contribution < -0.4 is 10.5 Å². The summed E-state index contributed by atoms with van der Waals surface area (Å²) < 4.78 is 6.44. The molecule has 0 aliphatic carbocycles. The lowest BCUT2D eigenvalue weighted by Crippen LogP contribution is -1.99. The maximum Gasteiger partial charge on any atom is 0.157 e. The first-order valence-corrected chi connectivity index (χ1v) is 7.26.